The second kappa shape index (κ2) is 5.22. The molecular formula is C14H12N4O3. The van der Waals surface area contributed by atoms with Crippen LogP contribution in [-0.4, -0.2) is 16.1 Å². The van der Waals surface area contributed by atoms with Gasteiger partial charge in [-0.1, -0.05) is 18.2 Å². The Labute approximate surface area is 119 Å². The number of hydrogen-bond donors (Lipinski definition) is 2. The Morgan fingerprint density at radius 1 is 1.14 bits per heavy atom. The van der Waals surface area contributed by atoms with E-state index in [1.165, 1.54) is 6.07 Å². The van der Waals surface area contributed by atoms with E-state index in [0.29, 0.717) is 23.0 Å². The molecule has 7 heteroatoms. The molecule has 2 aromatic heterocycles. The number of hydrogen-bond acceptors (Lipinski definition) is 6. The Morgan fingerprint density at radius 3 is 2.57 bits per heavy atom. The lowest BCUT2D eigenvalue weighted by molar-refractivity contribution is 0.0952. The van der Waals surface area contributed by atoms with Crippen LogP contribution in [0.2, 0.25) is 0 Å². The van der Waals surface area contributed by atoms with Crippen LogP contribution in [0.3, 0.4) is 0 Å². The first-order valence-electron chi connectivity index (χ1n) is 6.19. The molecule has 3 N–H and O–H groups in total. The molecule has 21 heavy (non-hydrogen) atoms. The fourth-order valence-corrected chi connectivity index (χ4v) is 1.91. The number of nitrogens with one attached hydrogen (secondary N) is 1. The van der Waals surface area contributed by atoms with E-state index in [1.807, 2.05) is 30.3 Å². The van der Waals surface area contributed by atoms with Gasteiger partial charge in [-0.15, -0.1) is 10.2 Å². The highest BCUT2D eigenvalue weighted by atomic mass is 16.4. The van der Waals surface area contributed by atoms with E-state index in [-0.39, 0.29) is 5.89 Å². The normalized spacial score (nSPS) is 10.6. The molecule has 1 amide bonds. The van der Waals surface area contributed by atoms with Crippen molar-refractivity contribution in [3.63, 3.8) is 0 Å². The molecule has 0 atom stereocenters. The topological polar surface area (TPSA) is 107 Å². The van der Waals surface area contributed by atoms with Crippen molar-refractivity contribution in [1.29, 1.82) is 0 Å². The van der Waals surface area contributed by atoms with Gasteiger partial charge in [-0.05, 0) is 19.1 Å². The zero-order valence-electron chi connectivity index (χ0n) is 11.2. The molecule has 0 saturated heterocycles. The lowest BCUT2D eigenvalue weighted by atomic mass is 10.2. The number of carbonyl (C=O) groups excluding carboxylic acids is 1. The summed E-state index contributed by atoms with van der Waals surface area (Å²) in [5, 5.41) is 7.89. The first-order chi connectivity index (χ1) is 10.2. The molecule has 0 aliphatic heterocycles. The first kappa shape index (κ1) is 13.1. The number of nitrogens with two attached hydrogens (primary N) is 1. The highest BCUT2D eigenvalue weighted by Gasteiger charge is 2.19. The molecule has 0 unspecified atom stereocenters. The van der Waals surface area contributed by atoms with Crippen LogP contribution in [-0.2, 0) is 0 Å². The van der Waals surface area contributed by atoms with Crippen LogP contribution in [0.5, 0.6) is 0 Å². The third kappa shape index (κ3) is 2.41. The molecule has 0 fully saturated rings. The molecule has 1 aromatic carbocycles. The summed E-state index contributed by atoms with van der Waals surface area (Å²) < 4.78 is 11.0. The van der Waals surface area contributed by atoms with Crippen molar-refractivity contribution >= 4 is 5.91 Å². The maximum Gasteiger partial charge on any atom is 0.283 e. The molecule has 0 aliphatic carbocycles. The number of aryl methyl sites for hydroxylation is 1. The maximum atomic E-state index is 11.5. The summed E-state index contributed by atoms with van der Waals surface area (Å²) in [6, 6.07) is 10.9. The van der Waals surface area contributed by atoms with Crippen LogP contribution in [0.4, 0.5) is 0 Å². The quantitative estimate of drug-likeness (QED) is 0.432. The zero-order valence-corrected chi connectivity index (χ0v) is 11.2. The summed E-state index contributed by atoms with van der Waals surface area (Å²) in [7, 11) is 0. The van der Waals surface area contributed by atoms with Crippen molar-refractivity contribution in [1.82, 2.24) is 15.6 Å². The Kier molecular flexibility index (Phi) is 3.25. The molecule has 0 aliphatic rings. The van der Waals surface area contributed by atoms with Gasteiger partial charge in [0, 0.05) is 11.6 Å². The number of nitrogens with zero attached hydrogens (tertiary/aromatic N) is 2. The predicted octanol–water partition coefficient (Wildman–Crippen LogP) is 1.91. The van der Waals surface area contributed by atoms with Gasteiger partial charge in [0.1, 0.15) is 5.76 Å². The molecular weight excluding hydrogens is 272 g/mol. The number of aromatic nitrogens is 2. The largest absolute Gasteiger partial charge is 0.455 e. The zero-order chi connectivity index (χ0) is 14.8. The van der Waals surface area contributed by atoms with Crippen LogP contribution in [0.1, 0.15) is 16.1 Å². The minimum atomic E-state index is -0.440. The van der Waals surface area contributed by atoms with Gasteiger partial charge in [0.05, 0.1) is 5.56 Å². The summed E-state index contributed by atoms with van der Waals surface area (Å²) >= 11 is 0. The minimum absolute atomic E-state index is 0.202. The minimum Gasteiger partial charge on any atom is -0.455 e. The van der Waals surface area contributed by atoms with Crippen molar-refractivity contribution in [2.75, 3.05) is 0 Å². The summed E-state index contributed by atoms with van der Waals surface area (Å²) in [5.74, 6) is 5.99. The van der Waals surface area contributed by atoms with Gasteiger partial charge in [-0.3, -0.25) is 10.2 Å². The van der Waals surface area contributed by atoms with E-state index in [1.54, 1.807) is 6.92 Å². The van der Waals surface area contributed by atoms with E-state index in [4.69, 9.17) is 14.7 Å². The van der Waals surface area contributed by atoms with E-state index in [2.05, 4.69) is 15.6 Å². The molecule has 0 spiro atoms. The number of benzene rings is 1. The van der Waals surface area contributed by atoms with Crippen LogP contribution < -0.4 is 11.3 Å². The van der Waals surface area contributed by atoms with Crippen molar-refractivity contribution in [3.8, 4) is 23.1 Å². The Hall–Kier alpha value is -2.93. The Balaban J connectivity index is 1.96. The third-order valence-corrected chi connectivity index (χ3v) is 2.95. The van der Waals surface area contributed by atoms with Gasteiger partial charge in [-0.2, -0.15) is 0 Å². The standard InChI is InChI=1S/C14H12N4O3/c1-8-10(12(19)16-15)7-11(20-8)14-18-17-13(21-14)9-5-3-2-4-6-9/h2-7H,15H2,1H3,(H,16,19). The molecule has 3 rings (SSSR count). The van der Waals surface area contributed by atoms with Gasteiger partial charge in [0.15, 0.2) is 5.76 Å². The number of hydrazine groups is 1. The number of amides is 1. The number of furan rings is 1. The molecule has 3 aromatic rings. The Bertz CT molecular complexity index is 777. The van der Waals surface area contributed by atoms with E-state index >= 15 is 0 Å². The summed E-state index contributed by atoms with van der Waals surface area (Å²) in [5.41, 5.74) is 3.18. The number of rotatable bonds is 3. The SMILES string of the molecule is Cc1oc(-c2nnc(-c3ccccc3)o2)cc1C(=O)NN. The second-order valence-electron chi connectivity index (χ2n) is 4.33. The van der Waals surface area contributed by atoms with Gasteiger partial charge in [0.25, 0.3) is 11.8 Å². The smallest absolute Gasteiger partial charge is 0.283 e. The first-order valence-corrected chi connectivity index (χ1v) is 6.19. The van der Waals surface area contributed by atoms with E-state index in [9.17, 15) is 4.79 Å². The fraction of sp³-hybridized carbons (Fsp3) is 0.0714. The van der Waals surface area contributed by atoms with Crippen LogP contribution in [0.25, 0.3) is 23.1 Å². The number of carbonyl (C=O) groups is 1. The fourth-order valence-electron chi connectivity index (χ4n) is 1.91. The van der Waals surface area contributed by atoms with Crippen molar-refractivity contribution in [2.45, 2.75) is 6.92 Å². The van der Waals surface area contributed by atoms with Crippen molar-refractivity contribution in [3.05, 3.63) is 47.7 Å². The molecule has 0 radical (unpaired) electrons. The van der Waals surface area contributed by atoms with Crippen molar-refractivity contribution in [2.24, 2.45) is 5.84 Å². The van der Waals surface area contributed by atoms with Gasteiger partial charge < -0.3 is 8.83 Å². The van der Waals surface area contributed by atoms with Crippen LogP contribution in [0, 0.1) is 6.92 Å². The lowest BCUT2D eigenvalue weighted by Gasteiger charge is -1.93. The number of nitrogen functional groups attached to an aromatic ring is 1. The summed E-state index contributed by atoms with van der Waals surface area (Å²) in [4.78, 5) is 11.5. The van der Waals surface area contributed by atoms with Gasteiger partial charge in [0.2, 0.25) is 5.89 Å². The average Bonchev–Trinajstić information content (AvgIpc) is 3.14. The summed E-state index contributed by atoms with van der Waals surface area (Å²) in [6.07, 6.45) is 0. The molecule has 7 nitrogen and oxygen atoms in total. The monoisotopic (exact) mass is 284 g/mol. The second-order valence-corrected chi connectivity index (χ2v) is 4.33. The third-order valence-electron chi connectivity index (χ3n) is 2.95. The summed E-state index contributed by atoms with van der Waals surface area (Å²) in [6.45, 7) is 1.66. The molecule has 0 bridgehead atoms. The molecule has 0 saturated carbocycles. The van der Waals surface area contributed by atoms with Crippen LogP contribution in [0.15, 0.2) is 45.2 Å². The molecule has 106 valence electrons. The predicted molar refractivity (Wildman–Crippen MR) is 73.8 cm³/mol. The van der Waals surface area contributed by atoms with E-state index < -0.39 is 5.91 Å². The van der Waals surface area contributed by atoms with E-state index in [0.717, 1.165) is 5.56 Å². The Morgan fingerprint density at radius 2 is 1.86 bits per heavy atom. The van der Waals surface area contributed by atoms with Gasteiger partial charge in [-0.25, -0.2) is 5.84 Å². The lowest BCUT2D eigenvalue weighted by Crippen LogP contribution is -2.30. The van der Waals surface area contributed by atoms with Gasteiger partial charge >= 0.3 is 0 Å². The maximum absolute atomic E-state index is 11.5. The highest BCUT2D eigenvalue weighted by molar-refractivity contribution is 5.95. The molecule has 2 heterocycles. The average molecular weight is 284 g/mol. The van der Waals surface area contributed by atoms with Crippen LogP contribution >= 0.6 is 0 Å². The van der Waals surface area contributed by atoms with Crippen molar-refractivity contribution < 1.29 is 13.6 Å². The highest BCUT2D eigenvalue weighted by Crippen LogP contribution is 2.27.